The van der Waals surface area contributed by atoms with Gasteiger partial charge in [0.1, 0.15) is 0 Å². The predicted molar refractivity (Wildman–Crippen MR) is 83.8 cm³/mol. The molecule has 3 aromatic heterocycles. The van der Waals surface area contributed by atoms with Gasteiger partial charge in [-0.2, -0.15) is 0 Å². The Balaban J connectivity index is 2.02. The first-order chi connectivity index (χ1) is 11.1. The average Bonchev–Trinajstić information content (AvgIpc) is 2.81. The van der Waals surface area contributed by atoms with E-state index in [0.717, 1.165) is 5.56 Å². The molecule has 7 heteroatoms. The number of ketones is 1. The molecular weight excluding hydrogens is 294 g/mol. The van der Waals surface area contributed by atoms with Crippen molar-refractivity contribution in [3.8, 4) is 5.69 Å². The van der Waals surface area contributed by atoms with Gasteiger partial charge in [0.05, 0.1) is 16.6 Å². The van der Waals surface area contributed by atoms with Crippen molar-refractivity contribution in [1.29, 1.82) is 0 Å². The first-order valence-corrected chi connectivity index (χ1v) is 7.12. The summed E-state index contributed by atoms with van der Waals surface area (Å²) >= 11 is 0. The van der Waals surface area contributed by atoms with E-state index < -0.39 is 0 Å². The van der Waals surface area contributed by atoms with Crippen LogP contribution in [0, 0.1) is 0 Å². The Labute approximate surface area is 131 Å². The lowest BCUT2D eigenvalue weighted by molar-refractivity contribution is 0.103. The molecule has 1 aliphatic rings. The summed E-state index contributed by atoms with van der Waals surface area (Å²) < 4.78 is 1.35. The summed E-state index contributed by atoms with van der Waals surface area (Å²) in [5.41, 5.74) is 1.84. The molecule has 114 valence electrons. The number of carbonyl (C=O) groups is 1. The first kappa shape index (κ1) is 13.7. The molecule has 0 radical (unpaired) electrons. The maximum Gasteiger partial charge on any atom is 0.268 e. The molecule has 0 N–H and O–H groups in total. The second-order valence-corrected chi connectivity index (χ2v) is 5.75. The van der Waals surface area contributed by atoms with Crippen molar-refractivity contribution in [2.45, 2.75) is 6.54 Å². The van der Waals surface area contributed by atoms with Gasteiger partial charge in [0.2, 0.25) is 5.78 Å². The van der Waals surface area contributed by atoms with Crippen LogP contribution in [0.1, 0.15) is 21.7 Å². The molecule has 0 amide bonds. The lowest BCUT2D eigenvalue weighted by Crippen LogP contribution is -2.22. The Morgan fingerprint density at radius 3 is 2.83 bits per heavy atom. The summed E-state index contributed by atoms with van der Waals surface area (Å²) in [6.07, 6.45) is 4.69. The lowest BCUT2D eigenvalue weighted by Gasteiger charge is -2.10. The fraction of sp³-hybridized carbons (Fsp3) is 0.188. The molecular formula is C16H13N5O2. The van der Waals surface area contributed by atoms with Crippen LogP contribution in [0.25, 0.3) is 16.7 Å². The molecule has 0 spiro atoms. The van der Waals surface area contributed by atoms with Crippen LogP contribution in [0.4, 0.5) is 0 Å². The first-order valence-electron chi connectivity index (χ1n) is 7.12. The lowest BCUT2D eigenvalue weighted by atomic mass is 10.2. The molecule has 0 unspecified atom stereocenters. The molecule has 0 saturated heterocycles. The van der Waals surface area contributed by atoms with E-state index in [4.69, 9.17) is 0 Å². The number of carbonyl (C=O) groups excluding carboxylic acids is 1. The molecule has 1 aliphatic heterocycles. The highest BCUT2D eigenvalue weighted by Crippen LogP contribution is 2.24. The van der Waals surface area contributed by atoms with Gasteiger partial charge in [0.25, 0.3) is 5.56 Å². The van der Waals surface area contributed by atoms with Crippen LogP contribution >= 0.6 is 0 Å². The summed E-state index contributed by atoms with van der Waals surface area (Å²) in [5, 5.41) is 0.408. The summed E-state index contributed by atoms with van der Waals surface area (Å²) in [6.45, 7) is 0.670. The van der Waals surface area contributed by atoms with Gasteiger partial charge in [-0.05, 0) is 31.8 Å². The molecule has 0 aliphatic carbocycles. The molecule has 7 nitrogen and oxygen atoms in total. The summed E-state index contributed by atoms with van der Waals surface area (Å²) in [5.74, 6) is -0.204. The van der Waals surface area contributed by atoms with Crippen molar-refractivity contribution >= 4 is 16.8 Å². The highest BCUT2D eigenvalue weighted by atomic mass is 16.1. The van der Waals surface area contributed by atoms with Gasteiger partial charge in [-0.1, -0.05) is 0 Å². The van der Waals surface area contributed by atoms with Gasteiger partial charge in [0, 0.05) is 25.1 Å². The number of fused-ring (bicyclic) bond motifs is 4. The Hall–Kier alpha value is -2.93. The predicted octanol–water partition coefficient (Wildman–Crippen LogP) is 0.782. The van der Waals surface area contributed by atoms with Gasteiger partial charge < -0.3 is 4.90 Å². The molecule has 0 fully saturated rings. The fourth-order valence-electron chi connectivity index (χ4n) is 2.82. The summed E-state index contributed by atoms with van der Waals surface area (Å²) in [7, 11) is 3.89. The summed E-state index contributed by atoms with van der Waals surface area (Å²) in [6, 6.07) is 3.43. The van der Waals surface area contributed by atoms with Gasteiger partial charge in [-0.3, -0.25) is 19.1 Å². The van der Waals surface area contributed by atoms with Gasteiger partial charge in [-0.15, -0.1) is 0 Å². The van der Waals surface area contributed by atoms with E-state index in [2.05, 4.69) is 15.0 Å². The molecule has 0 bridgehead atoms. The summed E-state index contributed by atoms with van der Waals surface area (Å²) in [4.78, 5) is 39.7. The van der Waals surface area contributed by atoms with E-state index in [-0.39, 0.29) is 22.8 Å². The van der Waals surface area contributed by atoms with E-state index >= 15 is 0 Å². The SMILES string of the molecule is CN(C)Cc1cnc2nc3n(c(=O)c2c1)-c1ccncc1C3=O. The van der Waals surface area contributed by atoms with Crippen LogP contribution in [-0.2, 0) is 6.54 Å². The van der Waals surface area contributed by atoms with Crippen molar-refractivity contribution in [1.82, 2.24) is 24.4 Å². The smallest absolute Gasteiger partial charge is 0.268 e. The molecule has 3 aromatic rings. The Bertz CT molecular complexity index is 1020. The minimum Gasteiger partial charge on any atom is -0.305 e. The van der Waals surface area contributed by atoms with Crippen LogP contribution < -0.4 is 5.56 Å². The highest BCUT2D eigenvalue weighted by Gasteiger charge is 2.30. The third-order valence-electron chi connectivity index (χ3n) is 3.77. The molecule has 0 atom stereocenters. The molecule has 4 heterocycles. The second-order valence-electron chi connectivity index (χ2n) is 5.75. The maximum absolute atomic E-state index is 12.9. The van der Waals surface area contributed by atoms with Crippen LogP contribution in [0.2, 0.25) is 0 Å². The topological polar surface area (TPSA) is 81.0 Å². The molecule has 0 aromatic carbocycles. The second kappa shape index (κ2) is 4.79. The Kier molecular flexibility index (Phi) is 2.85. The number of pyridine rings is 2. The zero-order valence-corrected chi connectivity index (χ0v) is 12.6. The van der Waals surface area contributed by atoms with Crippen molar-refractivity contribution in [3.63, 3.8) is 0 Å². The standard InChI is InChI=1S/C16H13N5O2/c1-20(2)8-9-5-10-14(18-6-9)19-15-13(22)11-7-17-4-3-12(11)21(15)16(10)23/h3-7H,8H2,1-2H3. The Morgan fingerprint density at radius 2 is 2.04 bits per heavy atom. The minimum absolute atomic E-state index is 0.0957. The Morgan fingerprint density at radius 1 is 1.22 bits per heavy atom. The van der Waals surface area contributed by atoms with Gasteiger partial charge in [-0.25, -0.2) is 9.97 Å². The number of hydrogen-bond donors (Lipinski definition) is 0. The number of rotatable bonds is 2. The third kappa shape index (κ3) is 1.97. The largest absolute Gasteiger partial charge is 0.305 e. The monoisotopic (exact) mass is 307 g/mol. The normalized spacial score (nSPS) is 12.7. The zero-order valence-electron chi connectivity index (χ0n) is 12.6. The van der Waals surface area contributed by atoms with E-state index in [0.29, 0.717) is 23.2 Å². The van der Waals surface area contributed by atoms with Crippen LogP contribution in [0.5, 0.6) is 0 Å². The molecule has 0 saturated carbocycles. The van der Waals surface area contributed by atoms with Gasteiger partial charge in [0.15, 0.2) is 11.5 Å². The van der Waals surface area contributed by atoms with E-state index in [1.54, 1.807) is 24.5 Å². The molecule has 23 heavy (non-hydrogen) atoms. The average molecular weight is 307 g/mol. The minimum atomic E-state index is -0.300. The number of aromatic nitrogens is 4. The zero-order chi connectivity index (χ0) is 16.1. The fourth-order valence-corrected chi connectivity index (χ4v) is 2.82. The van der Waals surface area contributed by atoms with Crippen LogP contribution in [0.3, 0.4) is 0 Å². The highest BCUT2D eigenvalue weighted by molar-refractivity contribution is 6.13. The van der Waals surface area contributed by atoms with Crippen molar-refractivity contribution in [2.75, 3.05) is 14.1 Å². The van der Waals surface area contributed by atoms with Crippen LogP contribution in [-0.4, -0.2) is 44.3 Å². The number of nitrogens with zero attached hydrogens (tertiary/aromatic N) is 5. The quantitative estimate of drug-likeness (QED) is 0.544. The van der Waals surface area contributed by atoms with Crippen molar-refractivity contribution in [2.24, 2.45) is 0 Å². The van der Waals surface area contributed by atoms with Crippen molar-refractivity contribution < 1.29 is 4.79 Å². The van der Waals surface area contributed by atoms with E-state index in [1.165, 1.54) is 10.8 Å². The van der Waals surface area contributed by atoms with Crippen molar-refractivity contribution in [3.05, 3.63) is 58.0 Å². The maximum atomic E-state index is 12.9. The number of hydrogen-bond acceptors (Lipinski definition) is 6. The van der Waals surface area contributed by atoms with Crippen LogP contribution in [0.15, 0.2) is 35.5 Å². The van der Waals surface area contributed by atoms with Gasteiger partial charge >= 0.3 is 0 Å². The third-order valence-corrected chi connectivity index (χ3v) is 3.77. The van der Waals surface area contributed by atoms with E-state index in [1.807, 2.05) is 19.0 Å². The van der Waals surface area contributed by atoms with E-state index in [9.17, 15) is 9.59 Å². The molecule has 4 rings (SSSR count).